The lowest BCUT2D eigenvalue weighted by Gasteiger charge is -2.19. The molecular weight excluding hydrogens is 1500 g/mol. The first-order chi connectivity index (χ1) is 54.8. The van der Waals surface area contributed by atoms with Crippen LogP contribution in [0, 0.1) is 22.7 Å². The Morgan fingerprint density at radius 3 is 1.30 bits per heavy atom. The number of amidine groups is 2. The molecule has 4 aromatic carbocycles. The summed E-state index contributed by atoms with van der Waals surface area (Å²) in [6, 6.07) is 24.0. The molecule has 115 heavy (non-hydrogen) atoms. The van der Waals surface area contributed by atoms with Crippen molar-refractivity contribution in [2.24, 2.45) is 11.8 Å². The van der Waals surface area contributed by atoms with Gasteiger partial charge in [0.1, 0.15) is 28.8 Å². The number of nitrogens with zero attached hydrogens (tertiary/aromatic N) is 2. The fraction of sp³-hybridized carbons (Fsp3) is 0.375. The molecule has 2 unspecified atom stereocenters. The third-order valence-corrected chi connectivity index (χ3v) is 16.2. The van der Waals surface area contributed by atoms with Gasteiger partial charge in [-0.05, 0) is 179 Å². The summed E-state index contributed by atoms with van der Waals surface area (Å²) < 4.78 is 66.2. The second kappa shape index (κ2) is 45.1. The average molecular weight is 1600 g/mol. The number of aliphatic hydroxyl groups is 1. The molecule has 8 rings (SSSR count). The Bertz CT molecular complexity index is 4460. The topological polar surface area (TPSA) is 491 Å². The highest BCUT2D eigenvalue weighted by Gasteiger charge is 2.31. The van der Waals surface area contributed by atoms with Crippen molar-refractivity contribution in [3.05, 3.63) is 172 Å². The van der Waals surface area contributed by atoms with E-state index in [1.165, 1.54) is 134 Å². The summed E-state index contributed by atoms with van der Waals surface area (Å²) in [5.74, 6) is -4.32. The second-order valence-corrected chi connectivity index (χ2v) is 26.1. The van der Waals surface area contributed by atoms with Gasteiger partial charge in [-0.15, -0.1) is 0 Å². The molecule has 2 fully saturated rings. The van der Waals surface area contributed by atoms with Gasteiger partial charge in [-0.25, -0.2) is 43.5 Å². The molecule has 35 heteroatoms. The Hall–Kier alpha value is -12.7. The number of aliphatic hydroxyl groups excluding tert-OH is 1. The smallest absolute Gasteiger partial charge is 0.496 e. The number of carboxylic acids is 1. The van der Waals surface area contributed by atoms with Gasteiger partial charge in [0.15, 0.2) is 23.6 Å². The van der Waals surface area contributed by atoms with Gasteiger partial charge in [0.05, 0.1) is 57.9 Å². The van der Waals surface area contributed by atoms with Crippen LogP contribution in [0.2, 0.25) is 0 Å². The summed E-state index contributed by atoms with van der Waals surface area (Å²) >= 11 is 0. The molecule has 0 radical (unpaired) electrons. The predicted molar refractivity (Wildman–Crippen MR) is 417 cm³/mol. The number of hydrogen-bond acceptors (Lipinski definition) is 29. The minimum absolute atomic E-state index is 0.0356. The van der Waals surface area contributed by atoms with Gasteiger partial charge in [0.25, 0.3) is 17.7 Å². The number of aromatic carboxylic acids is 1. The second-order valence-electron chi connectivity index (χ2n) is 26.1. The lowest BCUT2D eigenvalue weighted by molar-refractivity contribution is -0.0884. The van der Waals surface area contributed by atoms with Crippen molar-refractivity contribution in [3.63, 3.8) is 0 Å². The zero-order valence-electron chi connectivity index (χ0n) is 65.5. The van der Waals surface area contributed by atoms with E-state index in [2.05, 4.69) is 49.7 Å². The molecule has 5 amide bonds. The zero-order valence-corrected chi connectivity index (χ0v) is 65.5. The van der Waals surface area contributed by atoms with Crippen LogP contribution in [0.4, 0.5) is 30.6 Å². The van der Waals surface area contributed by atoms with Crippen LogP contribution in [-0.2, 0) is 63.4 Å². The number of esters is 2. The molecule has 11 N–H and O–H groups in total. The SMILES string of the molecule is C=Cc1cc(C(=O)Nc2ccc(C(=N)NC(=O)OC(COC)COC)cc2)c(-c2ccc(C(=O)NCC3CC3)nc2C(=O)OC(C)OC(=O)OC(C)C)cc1OC.C=Cc1cc(C(=O)O)c(-c2ccc(C(=O)NCC3CC3)nc2C(=O)OC(C)OC(=O)OC(C)C)cc1CO.COCC(COC)OC(=O)NC(=N)c1ccc(N)cc1. The first-order valence-corrected chi connectivity index (χ1v) is 36.0. The summed E-state index contributed by atoms with van der Waals surface area (Å²) in [5, 5.41) is 48.8. The summed E-state index contributed by atoms with van der Waals surface area (Å²) in [6.45, 7) is 17.7. The third kappa shape index (κ3) is 29.1. The van der Waals surface area contributed by atoms with E-state index in [4.69, 9.17) is 78.1 Å². The number of rotatable bonds is 35. The number of alkyl carbamates (subject to hydrolysis) is 2. The maximum absolute atomic E-state index is 14.1. The van der Waals surface area contributed by atoms with E-state index in [0.29, 0.717) is 69.9 Å². The summed E-state index contributed by atoms with van der Waals surface area (Å²) in [4.78, 5) is 135. The van der Waals surface area contributed by atoms with Gasteiger partial charge in [-0.3, -0.25) is 35.8 Å². The van der Waals surface area contributed by atoms with Crippen LogP contribution in [0.15, 0.2) is 110 Å². The third-order valence-electron chi connectivity index (χ3n) is 16.2. The molecular formula is C80H96N10O25. The normalized spacial score (nSPS) is 12.5. The van der Waals surface area contributed by atoms with E-state index in [9.17, 15) is 58.2 Å². The summed E-state index contributed by atoms with van der Waals surface area (Å²) in [5.41, 5.74) is 7.83. The fourth-order valence-corrected chi connectivity index (χ4v) is 10.4. The molecule has 0 bridgehead atoms. The number of aromatic nitrogens is 2. The number of amides is 5. The lowest BCUT2D eigenvalue weighted by Crippen LogP contribution is -2.36. The standard InChI is InChI=1S/C40H47N5O12.C27H30N2O9.C13H19N3O4/c1-8-25-17-31(36(46)43-27-13-11-26(12-14-27)35(41)45-39(49)57-28(20-51-5)21-52-6)30(18-33(25)53-7)29-15-16-32(37(47)42-19-24-9-10-24)44-34(29)38(48)55-23(4)56-40(50)54-22(2)3;1-5-17-10-21(25(32)33)20(11-18(17)13-30)19-8-9-22(24(31)28-12-16-6-7-16)29-23(19)26(34)37-15(4)38-27(35)36-14(2)3;1-18-7-11(8-19-2)20-13(17)16-12(15)9-3-5-10(14)6-4-9/h8,11-18,22-24,28H,1,9-10,19-21H2,2-7H3,(H,42,47)(H,43,46)(H2,41,45,49);5,8-11,14-16,30H,1,6-7,12-13H2,2-4H3,(H,28,31)(H,32,33);3-6,11H,7-8,14H2,1-2H3,(H2,15,16,17). The van der Waals surface area contributed by atoms with E-state index >= 15 is 0 Å². The number of hydrogen-bond donors (Lipinski definition) is 10. The molecule has 616 valence electrons. The Balaban J connectivity index is 0.000000302. The molecule has 0 aliphatic heterocycles. The van der Waals surface area contributed by atoms with Gasteiger partial charge in [0, 0.05) is 106 Å². The van der Waals surface area contributed by atoms with E-state index in [0.717, 1.165) is 25.7 Å². The number of anilines is 2. The molecule has 2 heterocycles. The molecule has 35 nitrogen and oxygen atoms in total. The van der Waals surface area contributed by atoms with E-state index < -0.39 is 104 Å². The quantitative estimate of drug-likeness (QED) is 0.00441. The molecule has 2 aromatic heterocycles. The highest BCUT2D eigenvalue weighted by molar-refractivity contribution is 6.12. The van der Waals surface area contributed by atoms with Crippen LogP contribution in [-0.4, -0.2) is 204 Å². The maximum Gasteiger partial charge on any atom is 0.511 e. The van der Waals surface area contributed by atoms with Crippen molar-refractivity contribution in [3.8, 4) is 28.0 Å². The predicted octanol–water partition coefficient (Wildman–Crippen LogP) is 10.3. The number of carbonyl (C=O) groups is 10. The van der Waals surface area contributed by atoms with E-state index in [1.54, 1.807) is 52.0 Å². The number of pyridine rings is 2. The molecule has 2 saturated carbocycles. The number of carbonyl (C=O) groups excluding carboxylic acids is 9. The van der Waals surface area contributed by atoms with E-state index in [1.807, 2.05) is 0 Å². The number of methoxy groups -OCH3 is 5. The van der Waals surface area contributed by atoms with Crippen molar-refractivity contribution in [1.82, 2.24) is 31.2 Å². The summed E-state index contributed by atoms with van der Waals surface area (Å²) in [6.07, 6.45) is -1.74. The van der Waals surface area contributed by atoms with Crippen LogP contribution in [0.3, 0.4) is 0 Å². The Morgan fingerprint density at radius 2 is 0.922 bits per heavy atom. The zero-order chi connectivity index (χ0) is 84.6. The van der Waals surface area contributed by atoms with Crippen LogP contribution >= 0.6 is 0 Å². The van der Waals surface area contributed by atoms with Crippen LogP contribution in [0.25, 0.3) is 34.4 Å². The molecule has 0 spiro atoms. The van der Waals surface area contributed by atoms with Crippen molar-refractivity contribution in [2.45, 2.75) is 111 Å². The van der Waals surface area contributed by atoms with Gasteiger partial charge >= 0.3 is 42.4 Å². The van der Waals surface area contributed by atoms with Gasteiger partial charge < -0.3 is 93.5 Å². The Labute approximate surface area is 663 Å². The van der Waals surface area contributed by atoms with Crippen LogP contribution in [0.1, 0.15) is 158 Å². The van der Waals surface area contributed by atoms with Crippen LogP contribution < -0.4 is 37.1 Å². The number of nitrogen functional groups attached to an aromatic ring is 1. The Morgan fingerprint density at radius 1 is 0.513 bits per heavy atom. The first kappa shape index (κ1) is 91.2. The lowest BCUT2D eigenvalue weighted by atomic mass is 9.92. The van der Waals surface area contributed by atoms with Crippen molar-refractivity contribution >= 4 is 95.3 Å². The Kier molecular flexibility index (Phi) is 35.8. The highest BCUT2D eigenvalue weighted by atomic mass is 16.8. The van der Waals surface area contributed by atoms with Crippen molar-refractivity contribution < 1.29 is 120 Å². The minimum atomic E-state index is -1.42. The van der Waals surface area contributed by atoms with Crippen molar-refractivity contribution in [2.75, 3.05) is 86.1 Å². The molecule has 2 aliphatic carbocycles. The number of nitrogens with two attached hydrogens (primary N) is 1. The average Bonchev–Trinajstić information content (AvgIpc) is 1.61. The molecule has 6 aromatic rings. The largest absolute Gasteiger partial charge is 0.511 e. The fourth-order valence-electron chi connectivity index (χ4n) is 10.4. The van der Waals surface area contributed by atoms with Crippen molar-refractivity contribution in [1.29, 1.82) is 10.8 Å². The minimum Gasteiger partial charge on any atom is -0.496 e. The first-order valence-electron chi connectivity index (χ1n) is 36.0. The molecule has 2 aliphatic rings. The number of benzene rings is 4. The number of nitrogens with one attached hydrogen (secondary N) is 7. The van der Waals surface area contributed by atoms with Gasteiger partial charge in [-0.2, -0.15) is 0 Å². The van der Waals surface area contributed by atoms with Gasteiger partial charge in [0.2, 0.25) is 12.6 Å². The number of ether oxygens (including phenoxy) is 13. The van der Waals surface area contributed by atoms with E-state index in [-0.39, 0.29) is 94.3 Å². The molecule has 2 atom stereocenters. The number of carboxylic acid groups (broad SMARTS) is 1. The molecule has 0 saturated heterocycles. The van der Waals surface area contributed by atoms with Crippen LogP contribution in [0.5, 0.6) is 5.75 Å². The highest BCUT2D eigenvalue weighted by Crippen LogP contribution is 2.36. The maximum atomic E-state index is 14.1. The monoisotopic (exact) mass is 1600 g/mol. The van der Waals surface area contributed by atoms with Gasteiger partial charge in [-0.1, -0.05) is 25.3 Å². The summed E-state index contributed by atoms with van der Waals surface area (Å²) in [7, 11) is 7.33.